The van der Waals surface area contributed by atoms with Crippen LogP contribution in [0.1, 0.15) is 24.0 Å². The molecule has 2 heterocycles. The van der Waals surface area contributed by atoms with Crippen molar-refractivity contribution in [2.45, 2.75) is 18.4 Å². The summed E-state index contributed by atoms with van der Waals surface area (Å²) in [6, 6.07) is 30.9. The Morgan fingerprint density at radius 3 is 1.97 bits per heavy atom. The molecule has 0 spiro atoms. The highest BCUT2D eigenvalue weighted by atomic mass is 16.5. The molecule has 0 aliphatic carbocycles. The molecule has 5 nitrogen and oxygen atoms in total. The summed E-state index contributed by atoms with van der Waals surface area (Å²) in [6.07, 6.45) is 2.06. The third kappa shape index (κ3) is 5.01. The summed E-state index contributed by atoms with van der Waals surface area (Å²) in [5, 5.41) is 3.01. The zero-order chi connectivity index (χ0) is 23.2. The van der Waals surface area contributed by atoms with E-state index in [1.54, 1.807) is 0 Å². The topological polar surface area (TPSA) is 44.8 Å². The van der Waals surface area contributed by atoms with Crippen molar-refractivity contribution >= 4 is 11.7 Å². The van der Waals surface area contributed by atoms with Crippen LogP contribution in [0.25, 0.3) is 0 Å². The van der Waals surface area contributed by atoms with Gasteiger partial charge >= 0.3 is 6.03 Å². The van der Waals surface area contributed by atoms with E-state index >= 15 is 0 Å². The Hall–Kier alpha value is -3.15. The predicted octanol–water partition coefficient (Wildman–Crippen LogP) is 5.21. The highest BCUT2D eigenvalue weighted by Crippen LogP contribution is 2.37. The summed E-state index contributed by atoms with van der Waals surface area (Å²) in [5.74, 6) is 0.586. The lowest BCUT2D eigenvalue weighted by Gasteiger charge is -2.45. The Bertz CT molecular complexity index is 1010. The van der Waals surface area contributed by atoms with Gasteiger partial charge in [0, 0.05) is 38.4 Å². The van der Waals surface area contributed by atoms with Crippen LogP contribution in [0.3, 0.4) is 0 Å². The number of hydrogen-bond donors (Lipinski definition) is 1. The fourth-order valence-electron chi connectivity index (χ4n) is 5.28. The highest BCUT2D eigenvalue weighted by molar-refractivity contribution is 5.89. The van der Waals surface area contributed by atoms with Gasteiger partial charge in [-0.25, -0.2) is 4.79 Å². The normalized spacial score (nSPS) is 19.0. The maximum atomic E-state index is 12.7. The number of nitrogens with zero attached hydrogens (tertiary/aromatic N) is 2. The number of anilines is 1. The number of likely N-dealkylation sites (tertiary alicyclic amines) is 1. The van der Waals surface area contributed by atoms with Crippen molar-refractivity contribution in [1.29, 1.82) is 0 Å². The molecule has 0 bridgehead atoms. The van der Waals surface area contributed by atoms with Crippen molar-refractivity contribution in [2.24, 2.45) is 5.92 Å². The van der Waals surface area contributed by atoms with Crippen molar-refractivity contribution in [1.82, 2.24) is 9.80 Å². The number of nitrogens with one attached hydrogen (secondary N) is 1. The molecule has 5 rings (SSSR count). The van der Waals surface area contributed by atoms with Crippen molar-refractivity contribution in [3.05, 3.63) is 102 Å². The van der Waals surface area contributed by atoms with Gasteiger partial charge in [0.25, 0.3) is 0 Å². The van der Waals surface area contributed by atoms with Crippen LogP contribution < -0.4 is 5.32 Å². The third-order valence-electron chi connectivity index (χ3n) is 7.13. The van der Waals surface area contributed by atoms with Crippen LogP contribution in [0.15, 0.2) is 91.0 Å². The maximum Gasteiger partial charge on any atom is 0.321 e. The molecule has 2 saturated heterocycles. The number of carbonyl (C=O) groups is 1. The van der Waals surface area contributed by atoms with Gasteiger partial charge in [0.05, 0.1) is 6.61 Å². The summed E-state index contributed by atoms with van der Waals surface area (Å²) in [5.41, 5.74) is 2.81. The summed E-state index contributed by atoms with van der Waals surface area (Å²) in [7, 11) is 0. The molecule has 34 heavy (non-hydrogen) atoms. The van der Waals surface area contributed by atoms with Crippen LogP contribution in [-0.2, 0) is 10.3 Å². The molecular formula is C29H33N3O2. The van der Waals surface area contributed by atoms with Crippen molar-refractivity contribution in [3.63, 3.8) is 0 Å². The Labute approximate surface area is 202 Å². The number of carbonyl (C=O) groups excluding carboxylic acids is 1. The van der Waals surface area contributed by atoms with Crippen molar-refractivity contribution in [3.8, 4) is 0 Å². The van der Waals surface area contributed by atoms with E-state index in [0.29, 0.717) is 12.5 Å². The van der Waals surface area contributed by atoms with Crippen LogP contribution in [0, 0.1) is 5.92 Å². The van der Waals surface area contributed by atoms with Crippen LogP contribution in [-0.4, -0.2) is 55.2 Å². The quantitative estimate of drug-likeness (QED) is 0.575. The van der Waals surface area contributed by atoms with E-state index in [4.69, 9.17) is 4.74 Å². The second-order valence-corrected chi connectivity index (χ2v) is 9.37. The number of piperidine rings is 1. The maximum absolute atomic E-state index is 12.7. The van der Waals surface area contributed by atoms with Crippen LogP contribution in [0.2, 0.25) is 0 Å². The number of ether oxygens (including phenoxy) is 1. The molecule has 0 atom stereocenters. The Morgan fingerprint density at radius 1 is 0.824 bits per heavy atom. The molecule has 2 fully saturated rings. The predicted molar refractivity (Wildman–Crippen MR) is 136 cm³/mol. The molecule has 1 N–H and O–H groups in total. The van der Waals surface area contributed by atoms with Gasteiger partial charge in [0.2, 0.25) is 0 Å². The fraction of sp³-hybridized carbons (Fsp3) is 0.345. The molecule has 176 valence electrons. The molecule has 0 aromatic heterocycles. The Kier molecular flexibility index (Phi) is 6.93. The number of benzene rings is 3. The van der Waals surface area contributed by atoms with E-state index in [1.807, 2.05) is 35.2 Å². The molecule has 2 amide bonds. The molecule has 5 heteroatoms. The van der Waals surface area contributed by atoms with Gasteiger partial charge in [-0.05, 0) is 42.0 Å². The zero-order valence-corrected chi connectivity index (χ0v) is 19.6. The minimum Gasteiger partial charge on any atom is -0.363 e. The minimum atomic E-state index is -0.447. The van der Waals surface area contributed by atoms with Gasteiger partial charge in [0.1, 0.15) is 5.60 Å². The average Bonchev–Trinajstić information content (AvgIpc) is 2.91. The van der Waals surface area contributed by atoms with E-state index in [-0.39, 0.29) is 6.03 Å². The molecule has 0 radical (unpaired) electrons. The molecule has 3 aromatic rings. The Morgan fingerprint density at radius 2 is 1.38 bits per heavy atom. The van der Waals surface area contributed by atoms with Gasteiger partial charge in [-0.2, -0.15) is 0 Å². The fourth-order valence-corrected chi connectivity index (χ4v) is 5.28. The first-order chi connectivity index (χ1) is 16.7. The second-order valence-electron chi connectivity index (χ2n) is 9.37. The number of urea groups is 1. The summed E-state index contributed by atoms with van der Waals surface area (Å²) in [4.78, 5) is 17.2. The van der Waals surface area contributed by atoms with Crippen molar-refractivity contribution in [2.75, 3.05) is 44.6 Å². The summed E-state index contributed by atoms with van der Waals surface area (Å²) in [6.45, 7) is 5.14. The van der Waals surface area contributed by atoms with Crippen LogP contribution >= 0.6 is 0 Å². The molecule has 3 aromatic carbocycles. The van der Waals surface area contributed by atoms with Gasteiger partial charge in [-0.1, -0.05) is 78.9 Å². The number of rotatable bonds is 5. The smallest absolute Gasteiger partial charge is 0.321 e. The van der Waals surface area contributed by atoms with E-state index < -0.39 is 5.60 Å². The first-order valence-corrected chi connectivity index (χ1v) is 12.3. The van der Waals surface area contributed by atoms with Crippen LogP contribution in [0.4, 0.5) is 10.5 Å². The molecule has 2 aliphatic rings. The number of hydrogen-bond acceptors (Lipinski definition) is 3. The van der Waals surface area contributed by atoms with E-state index in [2.05, 4.69) is 70.9 Å². The molecular weight excluding hydrogens is 422 g/mol. The van der Waals surface area contributed by atoms with E-state index in [1.165, 1.54) is 11.1 Å². The third-order valence-corrected chi connectivity index (χ3v) is 7.13. The zero-order valence-electron chi connectivity index (χ0n) is 19.6. The van der Waals surface area contributed by atoms with Gasteiger partial charge in [0.15, 0.2) is 0 Å². The number of amides is 2. The lowest BCUT2D eigenvalue weighted by atomic mass is 9.84. The Balaban J connectivity index is 1.22. The van der Waals surface area contributed by atoms with Crippen LogP contribution in [0.5, 0.6) is 0 Å². The van der Waals surface area contributed by atoms with Gasteiger partial charge in [-0.15, -0.1) is 0 Å². The largest absolute Gasteiger partial charge is 0.363 e. The van der Waals surface area contributed by atoms with E-state index in [9.17, 15) is 4.79 Å². The monoisotopic (exact) mass is 455 g/mol. The molecule has 0 unspecified atom stereocenters. The van der Waals surface area contributed by atoms with Crippen molar-refractivity contribution < 1.29 is 9.53 Å². The first kappa shape index (κ1) is 22.6. The average molecular weight is 456 g/mol. The second kappa shape index (κ2) is 10.4. The number of morpholine rings is 1. The number of para-hydroxylation sites is 1. The lowest BCUT2D eigenvalue weighted by molar-refractivity contribution is -0.0924. The van der Waals surface area contributed by atoms with Gasteiger partial charge in [-0.3, -0.25) is 4.90 Å². The first-order valence-electron chi connectivity index (χ1n) is 12.3. The summed E-state index contributed by atoms with van der Waals surface area (Å²) < 4.78 is 6.56. The van der Waals surface area contributed by atoms with Gasteiger partial charge < -0.3 is 15.0 Å². The molecule has 0 saturated carbocycles. The lowest BCUT2D eigenvalue weighted by Crippen LogP contribution is -2.52. The highest BCUT2D eigenvalue weighted by Gasteiger charge is 2.40. The van der Waals surface area contributed by atoms with E-state index in [0.717, 1.165) is 51.3 Å². The summed E-state index contributed by atoms with van der Waals surface area (Å²) >= 11 is 0. The standard InChI is InChI=1S/C29H33N3O2/c33-28(30-27-14-8-3-9-15-27)32-18-16-24(17-19-32)22-31-20-21-34-29(23-31,25-10-4-1-5-11-25)26-12-6-2-7-13-26/h1-15,24H,16-23H2,(H,30,33). The SMILES string of the molecule is O=C(Nc1ccccc1)N1CCC(CN2CCOC(c3ccccc3)(c3ccccc3)C2)CC1. The molecule has 2 aliphatic heterocycles. The minimum absolute atomic E-state index is 0.00296.